The molecular weight excluding hydrogens is 400 g/mol. The number of anilines is 1. The molecule has 4 N–H and O–H groups in total. The molecule has 2 amide bonds. The number of hydrogen-bond acceptors (Lipinski definition) is 9. The molecule has 13 heteroatoms. The Hall–Kier alpha value is -2.86. The van der Waals surface area contributed by atoms with Crippen LogP contribution >= 0.6 is 23.4 Å². The number of β-lactam (4-membered cyclic amide) rings is 1. The van der Waals surface area contributed by atoms with Crippen molar-refractivity contribution in [3.8, 4) is 0 Å². The number of fused-ring (bicyclic) bond motifs is 1. The Kier molecular flexibility index (Phi) is 5.19. The normalized spacial score (nSPS) is 22.1. The van der Waals surface area contributed by atoms with E-state index in [9.17, 15) is 19.5 Å². The monoisotopic (exact) mass is 412 g/mol. The molecular formula is C14H13ClN6O5S. The number of carbonyl (C=O) groups is 3. The number of nitrogens with one attached hydrogen (secondary N) is 1. The number of aromatic nitrogens is 2. The average Bonchev–Trinajstić information content (AvgIpc) is 2.63. The Labute approximate surface area is 161 Å². The second-order valence-electron chi connectivity index (χ2n) is 5.35. The summed E-state index contributed by atoms with van der Waals surface area (Å²) >= 11 is 7.14. The van der Waals surface area contributed by atoms with E-state index in [1.54, 1.807) is 0 Å². The minimum Gasteiger partial charge on any atom is -0.477 e. The molecule has 1 saturated heterocycles. The van der Waals surface area contributed by atoms with Gasteiger partial charge in [-0.1, -0.05) is 16.8 Å². The summed E-state index contributed by atoms with van der Waals surface area (Å²) in [5.74, 6) is -2.42. The van der Waals surface area contributed by atoms with Crippen LogP contribution in [0.3, 0.4) is 0 Å². The smallest absolute Gasteiger partial charge is 0.353 e. The van der Waals surface area contributed by atoms with Gasteiger partial charge in [0.05, 0.1) is 5.03 Å². The second kappa shape index (κ2) is 7.40. The van der Waals surface area contributed by atoms with E-state index >= 15 is 0 Å². The van der Waals surface area contributed by atoms with Gasteiger partial charge in [-0.25, -0.2) is 14.8 Å². The topological polar surface area (TPSA) is 160 Å². The van der Waals surface area contributed by atoms with Gasteiger partial charge in [-0.05, 0) is 6.07 Å². The fraction of sp³-hybridized carbons (Fsp3) is 0.286. The number of nitrogens with zero attached hydrogens (tertiary/aromatic N) is 4. The number of aliphatic carboxylic acids is 1. The van der Waals surface area contributed by atoms with Gasteiger partial charge >= 0.3 is 5.97 Å². The number of rotatable bonds is 5. The van der Waals surface area contributed by atoms with Crippen molar-refractivity contribution >= 4 is 52.7 Å². The highest BCUT2D eigenvalue weighted by molar-refractivity contribution is 8.00. The molecule has 3 heterocycles. The lowest BCUT2D eigenvalue weighted by atomic mass is 10.0. The Balaban J connectivity index is 1.80. The molecule has 0 aliphatic carbocycles. The van der Waals surface area contributed by atoms with Crippen LogP contribution in [0.15, 0.2) is 28.1 Å². The first-order valence-electron chi connectivity index (χ1n) is 7.42. The van der Waals surface area contributed by atoms with Crippen LogP contribution in [0, 0.1) is 0 Å². The molecule has 142 valence electrons. The summed E-state index contributed by atoms with van der Waals surface area (Å²) in [5, 5.41) is 14.8. The van der Waals surface area contributed by atoms with Gasteiger partial charge in [0, 0.05) is 11.9 Å². The summed E-state index contributed by atoms with van der Waals surface area (Å²) in [5.41, 5.74) is 5.03. The van der Waals surface area contributed by atoms with Crippen molar-refractivity contribution in [3.63, 3.8) is 0 Å². The largest absolute Gasteiger partial charge is 0.477 e. The van der Waals surface area contributed by atoms with Gasteiger partial charge in [-0.15, -0.1) is 11.8 Å². The first kappa shape index (κ1) is 18.9. The Morgan fingerprint density at radius 3 is 2.93 bits per heavy atom. The van der Waals surface area contributed by atoms with Crippen LogP contribution in [-0.4, -0.2) is 67.7 Å². The number of hydrogen-bond donors (Lipinski definition) is 3. The first-order valence-corrected chi connectivity index (χ1v) is 8.85. The third kappa shape index (κ3) is 3.40. The SMILES string of the molecule is CO/N=C(\C(=O)NC1C(=O)N2C(C(=O)O)=C(Cl)CS[C@H]12)c1nccc(N)n1. The van der Waals surface area contributed by atoms with Crippen molar-refractivity contribution in [1.29, 1.82) is 0 Å². The van der Waals surface area contributed by atoms with E-state index in [4.69, 9.17) is 17.3 Å². The number of amides is 2. The maximum Gasteiger partial charge on any atom is 0.353 e. The minimum absolute atomic E-state index is 0.0664. The highest BCUT2D eigenvalue weighted by Gasteiger charge is 2.54. The number of thioether (sulfide) groups is 1. The molecule has 3 rings (SSSR count). The summed E-state index contributed by atoms with van der Waals surface area (Å²) < 4.78 is 0. The van der Waals surface area contributed by atoms with Crippen LogP contribution in [0.5, 0.6) is 0 Å². The van der Waals surface area contributed by atoms with Crippen LogP contribution in [0.4, 0.5) is 5.82 Å². The molecule has 0 bridgehead atoms. The summed E-state index contributed by atoms with van der Waals surface area (Å²) in [4.78, 5) is 49.8. The van der Waals surface area contributed by atoms with Crippen molar-refractivity contribution in [2.75, 3.05) is 18.6 Å². The van der Waals surface area contributed by atoms with E-state index < -0.39 is 29.2 Å². The third-order valence-electron chi connectivity index (χ3n) is 3.70. The fourth-order valence-electron chi connectivity index (χ4n) is 2.55. The molecule has 0 aromatic carbocycles. The fourth-order valence-corrected chi connectivity index (χ4v) is 4.10. The summed E-state index contributed by atoms with van der Waals surface area (Å²) in [7, 11) is 1.23. The zero-order chi connectivity index (χ0) is 19.7. The first-order chi connectivity index (χ1) is 12.8. The molecule has 2 atom stereocenters. The summed E-state index contributed by atoms with van der Waals surface area (Å²) in [6.45, 7) is 0. The molecule has 0 saturated carbocycles. The third-order valence-corrected chi connectivity index (χ3v) is 5.45. The predicted octanol–water partition coefficient (Wildman–Crippen LogP) is -0.656. The van der Waals surface area contributed by atoms with Gasteiger partial charge in [-0.2, -0.15) is 0 Å². The van der Waals surface area contributed by atoms with Gasteiger partial charge in [0.1, 0.15) is 30.0 Å². The van der Waals surface area contributed by atoms with Crippen LogP contribution < -0.4 is 11.1 Å². The van der Waals surface area contributed by atoms with Gasteiger partial charge < -0.3 is 21.0 Å². The van der Waals surface area contributed by atoms with Crippen LogP contribution in [0.25, 0.3) is 0 Å². The van der Waals surface area contributed by atoms with Crippen LogP contribution in [0.1, 0.15) is 5.82 Å². The number of oxime groups is 1. The molecule has 1 aromatic heterocycles. The van der Waals surface area contributed by atoms with Gasteiger partial charge in [0.2, 0.25) is 5.71 Å². The van der Waals surface area contributed by atoms with Crippen molar-refractivity contribution in [2.24, 2.45) is 5.16 Å². The van der Waals surface area contributed by atoms with Crippen LogP contribution in [0.2, 0.25) is 0 Å². The molecule has 2 aliphatic rings. The Morgan fingerprint density at radius 2 is 2.30 bits per heavy atom. The summed E-state index contributed by atoms with van der Waals surface area (Å²) in [6, 6.07) is 0.478. The standard InChI is InChI=1S/C14H13ClN6O5S/c1-26-20-7(10-17-3-2-6(16)18-10)11(22)19-8-12(23)21-9(14(24)25)5(15)4-27-13(8)21/h2-3,8,13H,4H2,1H3,(H,19,22)(H,24,25)(H2,16,17,18)/b20-7-/t8?,13-/m1/s1. The summed E-state index contributed by atoms with van der Waals surface area (Å²) in [6.07, 6.45) is 1.34. The second-order valence-corrected chi connectivity index (χ2v) is 6.91. The lowest BCUT2D eigenvalue weighted by Gasteiger charge is -2.48. The molecule has 11 nitrogen and oxygen atoms in total. The molecule has 1 unspecified atom stereocenters. The van der Waals surface area contributed by atoms with Gasteiger partial charge in [0.15, 0.2) is 5.82 Å². The lowest BCUT2D eigenvalue weighted by Crippen LogP contribution is -2.71. The maximum absolute atomic E-state index is 12.6. The van der Waals surface area contributed by atoms with Crippen molar-refractivity contribution < 1.29 is 24.3 Å². The lowest BCUT2D eigenvalue weighted by molar-refractivity contribution is -0.150. The van der Waals surface area contributed by atoms with E-state index in [-0.39, 0.29) is 33.8 Å². The Morgan fingerprint density at radius 1 is 1.56 bits per heavy atom. The number of halogens is 1. The molecule has 1 fully saturated rings. The number of nitrogens with two attached hydrogens (primary N) is 1. The quantitative estimate of drug-likeness (QED) is 0.324. The van der Waals surface area contributed by atoms with E-state index in [1.165, 1.54) is 31.1 Å². The predicted molar refractivity (Wildman–Crippen MR) is 95.5 cm³/mol. The average molecular weight is 413 g/mol. The van der Waals surface area contributed by atoms with E-state index in [0.29, 0.717) is 0 Å². The molecule has 0 radical (unpaired) electrons. The van der Waals surface area contributed by atoms with Crippen molar-refractivity contribution in [3.05, 3.63) is 28.8 Å². The van der Waals surface area contributed by atoms with Gasteiger partial charge in [0.25, 0.3) is 11.8 Å². The molecule has 1 aromatic rings. The highest BCUT2D eigenvalue weighted by Crippen LogP contribution is 2.41. The zero-order valence-electron chi connectivity index (χ0n) is 13.7. The Bertz CT molecular complexity index is 891. The van der Waals surface area contributed by atoms with Crippen molar-refractivity contribution in [2.45, 2.75) is 11.4 Å². The van der Waals surface area contributed by atoms with E-state index in [2.05, 4.69) is 25.3 Å². The van der Waals surface area contributed by atoms with E-state index in [1.807, 2.05) is 0 Å². The molecule has 0 spiro atoms. The maximum atomic E-state index is 12.6. The zero-order valence-corrected chi connectivity index (χ0v) is 15.3. The van der Waals surface area contributed by atoms with Gasteiger partial charge in [-0.3, -0.25) is 14.5 Å². The number of nitrogen functional groups attached to an aromatic ring is 1. The van der Waals surface area contributed by atoms with Crippen LogP contribution in [-0.2, 0) is 19.2 Å². The minimum atomic E-state index is -1.31. The number of carboxylic acid groups (broad SMARTS) is 1. The molecule has 27 heavy (non-hydrogen) atoms. The number of carboxylic acids is 1. The number of carbonyl (C=O) groups excluding carboxylic acids is 2. The highest BCUT2D eigenvalue weighted by atomic mass is 35.5. The van der Waals surface area contributed by atoms with Crippen molar-refractivity contribution in [1.82, 2.24) is 20.2 Å². The van der Waals surface area contributed by atoms with E-state index in [0.717, 1.165) is 4.90 Å². The molecule has 2 aliphatic heterocycles.